The molecule has 9 aromatic rings. The van der Waals surface area contributed by atoms with Gasteiger partial charge in [0.1, 0.15) is 11.7 Å². The summed E-state index contributed by atoms with van der Waals surface area (Å²) in [5, 5.41) is 9.72. The predicted molar refractivity (Wildman–Crippen MR) is 318 cm³/mol. The highest BCUT2D eigenvalue weighted by molar-refractivity contribution is 6.05. The van der Waals surface area contributed by atoms with Crippen molar-refractivity contribution in [1.82, 2.24) is 9.80 Å². The average molecular weight is 1060 g/mol. The number of hydrogen-bond donors (Lipinski definition) is 1. The number of benzene rings is 9. The second-order valence-electron chi connectivity index (χ2n) is 20.0. The standard InChI is InChI=1S/C40H38N2O3.C31H28N2O2/c1-2-45-39(44)40(36-16-10-5-11-17-36)37(34-24-20-31(21-25-34)19-18-30-12-6-3-7-13-30)42(28-32-14-8-4-9-15-32)38(41-40)35-26-22-33(29-43)23-27-35;1-2-35-30(34)31(27-21-13-6-14-22-27)28(25-17-9-4-10-18-25)33(23-24-15-7-3-8-16-24)29(32-31)26-19-11-5-12-20-26/h3-17,20-27,37,43H,2,18-19,28-29H2,1H3;3-22,28H,2,23H2,1H3/t37-,40-;28-,31-/m11/s1. The third kappa shape index (κ3) is 11.5. The molecule has 2 aliphatic heterocycles. The molecule has 0 unspecified atom stereocenters. The number of aryl methyl sites for hydroxylation is 2. The summed E-state index contributed by atoms with van der Waals surface area (Å²) in [6, 6.07) is 86.5. The van der Waals surface area contributed by atoms with Gasteiger partial charge in [0.2, 0.25) is 11.1 Å². The van der Waals surface area contributed by atoms with E-state index >= 15 is 0 Å². The number of carbonyl (C=O) groups excluding carboxylic acids is 2. The lowest BCUT2D eigenvalue weighted by Crippen LogP contribution is -2.44. The van der Waals surface area contributed by atoms with Crippen molar-refractivity contribution in [3.63, 3.8) is 0 Å². The Morgan fingerprint density at radius 1 is 0.400 bits per heavy atom. The van der Waals surface area contributed by atoms with Gasteiger partial charge in [-0.2, -0.15) is 0 Å². The summed E-state index contributed by atoms with van der Waals surface area (Å²) in [6.07, 6.45) is 1.88. The number of hydrogen-bond acceptors (Lipinski definition) is 9. The molecule has 0 fully saturated rings. The zero-order valence-electron chi connectivity index (χ0n) is 45.3. The molecule has 9 heteroatoms. The Kier molecular flexibility index (Phi) is 17.3. The highest BCUT2D eigenvalue weighted by Crippen LogP contribution is 2.52. The van der Waals surface area contributed by atoms with Crippen molar-refractivity contribution in [3.8, 4) is 0 Å². The predicted octanol–water partition coefficient (Wildman–Crippen LogP) is 13.6. The first kappa shape index (κ1) is 54.2. The fourth-order valence-electron chi connectivity index (χ4n) is 11.1. The highest BCUT2D eigenvalue weighted by atomic mass is 16.5. The van der Waals surface area contributed by atoms with Gasteiger partial charge in [-0.25, -0.2) is 19.6 Å². The SMILES string of the molecule is CCOC(=O)[C@]1(c2ccccc2)N=C(c2ccc(CO)cc2)N(Cc2ccccc2)[C@@H]1c1ccc(CCc2ccccc2)cc1.CCOC(=O)[C@]1(c2ccccc2)N=C(c2ccccc2)N(Cc2ccccc2)[C@@H]1c1ccccc1. The van der Waals surface area contributed by atoms with E-state index in [2.05, 4.69) is 94.7 Å². The van der Waals surface area contributed by atoms with Crippen LogP contribution in [0.15, 0.2) is 271 Å². The molecule has 0 saturated carbocycles. The lowest BCUT2D eigenvalue weighted by Gasteiger charge is -2.37. The molecule has 2 aliphatic rings. The van der Waals surface area contributed by atoms with E-state index in [0.717, 1.165) is 68.7 Å². The monoisotopic (exact) mass is 1050 g/mol. The van der Waals surface area contributed by atoms with Crippen LogP contribution >= 0.6 is 0 Å². The topological polar surface area (TPSA) is 104 Å². The van der Waals surface area contributed by atoms with Crippen LogP contribution in [0.4, 0.5) is 0 Å². The Balaban J connectivity index is 0.000000186. The van der Waals surface area contributed by atoms with E-state index in [1.165, 1.54) is 11.1 Å². The van der Waals surface area contributed by atoms with Gasteiger partial charge in [-0.05, 0) is 76.8 Å². The zero-order valence-corrected chi connectivity index (χ0v) is 45.3. The second kappa shape index (κ2) is 25.5. The minimum Gasteiger partial charge on any atom is -0.464 e. The molecule has 1 N–H and O–H groups in total. The van der Waals surface area contributed by atoms with E-state index < -0.39 is 17.1 Å². The van der Waals surface area contributed by atoms with Gasteiger partial charge in [-0.1, -0.05) is 261 Å². The first-order valence-electron chi connectivity index (χ1n) is 27.6. The van der Waals surface area contributed by atoms with Crippen LogP contribution in [0.5, 0.6) is 0 Å². The lowest BCUT2D eigenvalue weighted by atomic mass is 9.79. The Hall–Kier alpha value is -9.18. The number of amidine groups is 2. The number of aliphatic hydroxyl groups excluding tert-OH is 1. The van der Waals surface area contributed by atoms with Gasteiger partial charge in [0.15, 0.2) is 0 Å². The van der Waals surface area contributed by atoms with Crippen molar-refractivity contribution in [3.05, 3.63) is 322 Å². The number of rotatable bonds is 18. The van der Waals surface area contributed by atoms with Crippen molar-refractivity contribution in [1.29, 1.82) is 0 Å². The Morgan fingerprint density at radius 3 is 1.12 bits per heavy atom. The molecule has 2 heterocycles. The van der Waals surface area contributed by atoms with Crippen LogP contribution in [0.25, 0.3) is 0 Å². The summed E-state index contributed by atoms with van der Waals surface area (Å²) < 4.78 is 11.6. The number of nitrogens with zero attached hydrogens (tertiary/aromatic N) is 4. The summed E-state index contributed by atoms with van der Waals surface area (Å²) >= 11 is 0. The van der Waals surface area contributed by atoms with Crippen LogP contribution in [0, 0.1) is 0 Å². The van der Waals surface area contributed by atoms with Gasteiger partial charge in [-0.15, -0.1) is 0 Å². The van der Waals surface area contributed by atoms with Gasteiger partial charge in [0.05, 0.1) is 31.9 Å². The number of esters is 2. The van der Waals surface area contributed by atoms with E-state index in [-0.39, 0.29) is 37.8 Å². The first-order valence-corrected chi connectivity index (χ1v) is 27.6. The fraction of sp³-hybridized carbons (Fsp3) is 0.183. The summed E-state index contributed by atoms with van der Waals surface area (Å²) in [4.78, 5) is 43.5. The third-order valence-corrected chi connectivity index (χ3v) is 14.9. The molecule has 0 radical (unpaired) electrons. The smallest absolute Gasteiger partial charge is 0.341 e. The zero-order chi connectivity index (χ0) is 55.2. The van der Waals surface area contributed by atoms with Crippen molar-refractivity contribution < 1.29 is 24.2 Å². The molecule has 11 rings (SSSR count). The molecular weight excluding hydrogens is 989 g/mol. The maximum atomic E-state index is 14.4. The molecule has 400 valence electrons. The molecule has 0 amide bonds. The number of aliphatic imine (C=N–C) groups is 2. The van der Waals surface area contributed by atoms with Crippen molar-refractivity contribution in [2.75, 3.05) is 13.2 Å². The van der Waals surface area contributed by atoms with Gasteiger partial charge in [0.25, 0.3) is 0 Å². The van der Waals surface area contributed by atoms with Gasteiger partial charge in [-0.3, -0.25) is 0 Å². The molecule has 0 aromatic heterocycles. The Morgan fingerprint density at radius 2 is 0.725 bits per heavy atom. The number of aliphatic hydroxyl groups is 1. The van der Waals surface area contributed by atoms with Gasteiger partial charge < -0.3 is 24.4 Å². The molecule has 0 spiro atoms. The summed E-state index contributed by atoms with van der Waals surface area (Å²) in [6.45, 7) is 5.29. The summed E-state index contributed by atoms with van der Waals surface area (Å²) in [7, 11) is 0. The molecule has 0 bridgehead atoms. The van der Waals surface area contributed by atoms with Gasteiger partial charge in [0, 0.05) is 24.2 Å². The molecule has 0 aliphatic carbocycles. The van der Waals surface area contributed by atoms with E-state index in [1.807, 2.05) is 190 Å². The van der Waals surface area contributed by atoms with E-state index in [4.69, 9.17) is 19.5 Å². The van der Waals surface area contributed by atoms with Crippen molar-refractivity contribution >= 4 is 23.6 Å². The molecular formula is C71H66N4O5. The fourth-order valence-corrected chi connectivity index (χ4v) is 11.1. The Labute approximate surface area is 470 Å². The normalized spacial score (nSPS) is 18.3. The van der Waals surface area contributed by atoms with Crippen LogP contribution in [-0.2, 0) is 62.7 Å². The van der Waals surface area contributed by atoms with Crippen LogP contribution in [0.1, 0.15) is 87.1 Å². The molecule has 0 saturated heterocycles. The number of carbonyl (C=O) groups is 2. The molecule has 9 aromatic carbocycles. The number of ether oxygens (including phenoxy) is 2. The Bertz CT molecular complexity index is 3480. The highest BCUT2D eigenvalue weighted by Gasteiger charge is 2.58. The quantitative estimate of drug-likeness (QED) is 0.0854. The second-order valence-corrected chi connectivity index (χ2v) is 20.0. The maximum absolute atomic E-state index is 14.4. The van der Waals surface area contributed by atoms with Crippen molar-refractivity contribution in [2.24, 2.45) is 9.98 Å². The van der Waals surface area contributed by atoms with E-state index in [1.54, 1.807) is 0 Å². The van der Waals surface area contributed by atoms with Crippen LogP contribution in [0.2, 0.25) is 0 Å². The largest absolute Gasteiger partial charge is 0.464 e. The minimum absolute atomic E-state index is 0.0451. The lowest BCUT2D eigenvalue weighted by molar-refractivity contribution is -0.152. The van der Waals surface area contributed by atoms with Crippen molar-refractivity contribution in [2.45, 2.75) is 69.5 Å². The van der Waals surface area contributed by atoms with E-state index in [9.17, 15) is 14.7 Å². The average Bonchev–Trinajstić information content (AvgIpc) is 4.22. The summed E-state index contributed by atoms with van der Waals surface area (Å²) in [5.74, 6) is 0.761. The molecule has 9 nitrogen and oxygen atoms in total. The van der Waals surface area contributed by atoms with Crippen LogP contribution in [0.3, 0.4) is 0 Å². The van der Waals surface area contributed by atoms with E-state index in [0.29, 0.717) is 18.9 Å². The van der Waals surface area contributed by atoms with Crippen LogP contribution in [-0.4, -0.2) is 51.7 Å². The van der Waals surface area contributed by atoms with Crippen LogP contribution < -0.4 is 0 Å². The third-order valence-electron chi connectivity index (χ3n) is 14.9. The minimum atomic E-state index is -1.34. The first-order chi connectivity index (χ1) is 39.4. The maximum Gasteiger partial charge on any atom is 0.341 e. The molecule has 80 heavy (non-hydrogen) atoms. The summed E-state index contributed by atoms with van der Waals surface area (Å²) in [5.41, 5.74) is 8.43. The van der Waals surface area contributed by atoms with Gasteiger partial charge >= 0.3 is 11.9 Å². The molecule has 4 atom stereocenters.